The summed E-state index contributed by atoms with van der Waals surface area (Å²) in [7, 11) is 1.40. The molecule has 0 aliphatic rings. The number of hydrogen-bond donors (Lipinski definition) is 0. The minimum atomic E-state index is -0.129. The number of aryl methyl sites for hydroxylation is 1. The van der Waals surface area contributed by atoms with E-state index < -0.39 is 0 Å². The molecule has 5 nitrogen and oxygen atoms in total. The molecule has 2 aromatic carbocycles. The van der Waals surface area contributed by atoms with Crippen LogP contribution < -0.4 is 9.58 Å². The summed E-state index contributed by atoms with van der Waals surface area (Å²) in [6.07, 6.45) is 1.45. The van der Waals surface area contributed by atoms with E-state index in [1.807, 2.05) is 55.5 Å². The largest absolute Gasteiger partial charge is 0.594 e. The number of hydrogen-bond acceptors (Lipinski definition) is 4. The van der Waals surface area contributed by atoms with E-state index in [9.17, 15) is 10.0 Å². The Morgan fingerprint density at radius 2 is 1.89 bits per heavy atom. The predicted octanol–water partition coefficient (Wildman–Crippen LogP) is 4.20. The van der Waals surface area contributed by atoms with Gasteiger partial charge in [0, 0.05) is 22.9 Å². The Balaban J connectivity index is 2.00. The normalized spacial score (nSPS) is 11.8. The maximum atomic E-state index is 13.0. The molecule has 1 heterocycles. The number of carbonyl (C=O) groups excluding carboxylic acids is 1. The highest BCUT2D eigenvalue weighted by atomic mass is 79.9. The molecule has 0 N–H and O–H groups in total. The van der Waals surface area contributed by atoms with Gasteiger partial charge in [-0.05, 0) is 35.7 Å². The van der Waals surface area contributed by atoms with Crippen molar-refractivity contribution in [2.75, 3.05) is 7.11 Å². The van der Waals surface area contributed by atoms with Crippen LogP contribution in [-0.2, 0) is 0 Å². The van der Waals surface area contributed by atoms with Crippen molar-refractivity contribution in [2.45, 2.75) is 19.3 Å². The standard InChI is InChI=1S/C21H19BrN2O3/c1-14-5-3-4-6-17(14)19(15-7-9-16(22)10-8-15)13-20(25)18-11-12-24(26)23-21(18)27-2/h3-12,19H,13H2,1-2H3. The summed E-state index contributed by atoms with van der Waals surface area (Å²) in [5, 5.41) is 15.1. The second-order valence-corrected chi connectivity index (χ2v) is 7.14. The van der Waals surface area contributed by atoms with Gasteiger partial charge in [0.25, 0.3) is 5.88 Å². The van der Waals surface area contributed by atoms with Crippen molar-refractivity contribution in [2.24, 2.45) is 0 Å². The SMILES string of the molecule is COc1n[n+]([O-])ccc1C(=O)CC(c1ccc(Br)cc1)c1ccccc1C. The van der Waals surface area contributed by atoms with E-state index in [0.717, 1.165) is 21.2 Å². The number of ether oxygens (including phenoxy) is 1. The van der Waals surface area contributed by atoms with Crippen LogP contribution in [0, 0.1) is 12.1 Å². The number of benzene rings is 2. The average Bonchev–Trinajstić information content (AvgIpc) is 2.67. The van der Waals surface area contributed by atoms with Crippen molar-refractivity contribution in [1.29, 1.82) is 0 Å². The first-order valence-corrected chi connectivity index (χ1v) is 9.27. The molecule has 0 aliphatic carbocycles. The van der Waals surface area contributed by atoms with Crippen LogP contribution in [0.15, 0.2) is 65.3 Å². The summed E-state index contributed by atoms with van der Waals surface area (Å²) in [6, 6.07) is 17.5. The van der Waals surface area contributed by atoms with Gasteiger partial charge in [-0.1, -0.05) is 57.2 Å². The van der Waals surface area contributed by atoms with Crippen LogP contribution in [0.1, 0.15) is 39.4 Å². The molecule has 0 saturated heterocycles. The van der Waals surface area contributed by atoms with E-state index in [-0.39, 0.29) is 24.0 Å². The molecule has 0 bridgehead atoms. The van der Waals surface area contributed by atoms with Gasteiger partial charge in [-0.25, -0.2) is 0 Å². The van der Waals surface area contributed by atoms with Gasteiger partial charge in [-0.15, -0.1) is 0 Å². The molecule has 1 aromatic heterocycles. The van der Waals surface area contributed by atoms with Crippen molar-refractivity contribution in [3.05, 3.63) is 92.7 Å². The van der Waals surface area contributed by atoms with E-state index in [1.54, 1.807) is 0 Å². The van der Waals surface area contributed by atoms with Crippen molar-refractivity contribution in [1.82, 2.24) is 5.10 Å². The minimum Gasteiger partial charge on any atom is -0.594 e. The number of ketones is 1. The van der Waals surface area contributed by atoms with Gasteiger partial charge in [0.05, 0.1) is 17.8 Å². The lowest BCUT2D eigenvalue weighted by Gasteiger charge is -2.20. The topological polar surface area (TPSA) is 66.1 Å². The maximum absolute atomic E-state index is 13.0. The monoisotopic (exact) mass is 426 g/mol. The summed E-state index contributed by atoms with van der Waals surface area (Å²) in [4.78, 5) is 13.4. The molecule has 6 heteroatoms. The molecule has 0 aliphatic heterocycles. The highest BCUT2D eigenvalue weighted by Crippen LogP contribution is 2.33. The highest BCUT2D eigenvalue weighted by Gasteiger charge is 2.24. The molecule has 0 fully saturated rings. The Labute approximate surface area is 166 Å². The predicted molar refractivity (Wildman–Crippen MR) is 106 cm³/mol. The Kier molecular flexibility index (Phi) is 5.86. The van der Waals surface area contributed by atoms with E-state index in [0.29, 0.717) is 10.4 Å². The van der Waals surface area contributed by atoms with E-state index >= 15 is 0 Å². The first-order valence-electron chi connectivity index (χ1n) is 8.48. The van der Waals surface area contributed by atoms with Crippen LogP contribution in [0.5, 0.6) is 5.88 Å². The Hall–Kier alpha value is -2.73. The third-order valence-corrected chi connectivity index (χ3v) is 5.04. The number of nitrogens with zero attached hydrogens (tertiary/aromatic N) is 2. The number of halogens is 1. The molecule has 0 radical (unpaired) electrons. The van der Waals surface area contributed by atoms with E-state index in [1.165, 1.54) is 19.4 Å². The van der Waals surface area contributed by atoms with Gasteiger partial charge in [-0.2, -0.15) is 0 Å². The molecule has 0 spiro atoms. The quantitative estimate of drug-likeness (QED) is 0.336. The molecule has 138 valence electrons. The zero-order chi connectivity index (χ0) is 19.4. The lowest BCUT2D eigenvalue weighted by molar-refractivity contribution is -0.669. The molecule has 0 saturated carbocycles. The lowest BCUT2D eigenvalue weighted by atomic mass is 9.84. The zero-order valence-corrected chi connectivity index (χ0v) is 16.6. The van der Waals surface area contributed by atoms with E-state index in [2.05, 4.69) is 21.0 Å². The fourth-order valence-electron chi connectivity index (χ4n) is 3.12. The van der Waals surface area contributed by atoms with Gasteiger partial charge in [-0.3, -0.25) is 4.79 Å². The van der Waals surface area contributed by atoms with Gasteiger partial charge >= 0.3 is 0 Å². The van der Waals surface area contributed by atoms with Crippen LogP contribution in [0.3, 0.4) is 0 Å². The molecule has 3 aromatic rings. The third-order valence-electron chi connectivity index (χ3n) is 4.51. The number of methoxy groups -OCH3 is 1. The molecular formula is C21H19BrN2O3. The summed E-state index contributed by atoms with van der Waals surface area (Å²) in [5.74, 6) is -0.205. The van der Waals surface area contributed by atoms with Crippen LogP contribution in [0.2, 0.25) is 0 Å². The molecule has 0 amide bonds. The molecule has 1 atom stereocenters. The Morgan fingerprint density at radius 3 is 2.56 bits per heavy atom. The third kappa shape index (κ3) is 4.34. The summed E-state index contributed by atoms with van der Waals surface area (Å²) >= 11 is 3.45. The van der Waals surface area contributed by atoms with Gasteiger partial charge in [0.2, 0.25) is 6.20 Å². The fourth-order valence-corrected chi connectivity index (χ4v) is 3.39. The van der Waals surface area contributed by atoms with Gasteiger partial charge < -0.3 is 9.94 Å². The minimum absolute atomic E-state index is 0.0387. The summed E-state index contributed by atoms with van der Waals surface area (Å²) in [6.45, 7) is 2.04. The molecule has 27 heavy (non-hydrogen) atoms. The van der Waals surface area contributed by atoms with Crippen LogP contribution in [-0.4, -0.2) is 18.0 Å². The number of rotatable bonds is 6. The molecule has 3 rings (SSSR count). The molecular weight excluding hydrogens is 408 g/mol. The van der Waals surface area contributed by atoms with Crippen molar-refractivity contribution in [3.63, 3.8) is 0 Å². The number of aromatic nitrogens is 2. The smallest absolute Gasteiger partial charge is 0.291 e. The van der Waals surface area contributed by atoms with Crippen molar-refractivity contribution in [3.8, 4) is 5.88 Å². The van der Waals surface area contributed by atoms with Crippen molar-refractivity contribution >= 4 is 21.7 Å². The van der Waals surface area contributed by atoms with E-state index in [4.69, 9.17) is 4.74 Å². The first-order chi connectivity index (χ1) is 13.0. The summed E-state index contributed by atoms with van der Waals surface area (Å²) < 4.78 is 6.10. The Bertz CT molecular complexity index is 958. The van der Waals surface area contributed by atoms with Crippen LogP contribution in [0.4, 0.5) is 0 Å². The second kappa shape index (κ2) is 8.31. The van der Waals surface area contributed by atoms with Crippen LogP contribution in [0.25, 0.3) is 0 Å². The van der Waals surface area contributed by atoms with Gasteiger partial charge in [0.1, 0.15) is 0 Å². The number of Topliss-reactive ketones (excluding diaryl/α,β-unsaturated/α-hetero) is 1. The number of carbonyl (C=O) groups is 1. The summed E-state index contributed by atoms with van der Waals surface area (Å²) in [5.41, 5.74) is 3.56. The maximum Gasteiger partial charge on any atom is 0.291 e. The average molecular weight is 427 g/mol. The van der Waals surface area contributed by atoms with Crippen LogP contribution >= 0.6 is 15.9 Å². The molecule has 1 unspecified atom stereocenters. The zero-order valence-electron chi connectivity index (χ0n) is 15.1. The first kappa shape index (κ1) is 19.0. The highest BCUT2D eigenvalue weighted by molar-refractivity contribution is 9.10. The van der Waals surface area contributed by atoms with Crippen molar-refractivity contribution < 1.29 is 14.4 Å². The second-order valence-electron chi connectivity index (χ2n) is 6.23. The fraction of sp³-hybridized carbons (Fsp3) is 0.190. The lowest BCUT2D eigenvalue weighted by Crippen LogP contribution is -2.31. The van der Waals surface area contributed by atoms with Gasteiger partial charge in [0.15, 0.2) is 5.78 Å². The Morgan fingerprint density at radius 1 is 1.19 bits per heavy atom.